The monoisotopic (exact) mass is 432 g/mol. The number of alkyl halides is 2. The third-order valence-corrected chi connectivity index (χ3v) is 4.90. The lowest BCUT2D eigenvalue weighted by molar-refractivity contribution is -0.112. The standard InChI is InChI=1S/C27H38F2O2/c1-18(13-20(3)30)11-10-12-19(2)23-14-21(26(4,5)6)15-24(27(7,8)9)25(23)31-17-22(29)16-28/h10-15,22H,16-17H2,1-9H3/b11-10+,18-13+,19-12+. The van der Waals surface area contributed by atoms with E-state index in [1.54, 1.807) is 6.08 Å². The Labute approximate surface area is 187 Å². The van der Waals surface area contributed by atoms with E-state index in [-0.39, 0.29) is 23.2 Å². The number of halogens is 2. The van der Waals surface area contributed by atoms with E-state index in [1.807, 2.05) is 32.1 Å². The molecule has 1 unspecified atom stereocenters. The van der Waals surface area contributed by atoms with Crippen molar-refractivity contribution in [1.82, 2.24) is 0 Å². The zero-order valence-corrected chi connectivity index (χ0v) is 20.5. The van der Waals surface area contributed by atoms with Gasteiger partial charge in [0.05, 0.1) is 0 Å². The summed E-state index contributed by atoms with van der Waals surface area (Å²) in [5, 5.41) is 0. The summed E-state index contributed by atoms with van der Waals surface area (Å²) in [6.07, 6.45) is 5.61. The Morgan fingerprint density at radius 3 is 2.16 bits per heavy atom. The fourth-order valence-corrected chi connectivity index (χ4v) is 3.09. The summed E-state index contributed by atoms with van der Waals surface area (Å²) < 4.78 is 32.3. The molecule has 4 heteroatoms. The van der Waals surface area contributed by atoms with E-state index in [1.165, 1.54) is 6.92 Å². The van der Waals surface area contributed by atoms with Crippen LogP contribution in [0.4, 0.5) is 8.78 Å². The summed E-state index contributed by atoms with van der Waals surface area (Å²) in [7, 11) is 0. The number of benzene rings is 1. The van der Waals surface area contributed by atoms with Gasteiger partial charge >= 0.3 is 0 Å². The zero-order valence-electron chi connectivity index (χ0n) is 20.5. The van der Waals surface area contributed by atoms with E-state index in [9.17, 15) is 13.6 Å². The molecule has 0 bridgehead atoms. The molecule has 172 valence electrons. The maximum absolute atomic E-state index is 13.7. The van der Waals surface area contributed by atoms with Crippen molar-refractivity contribution in [1.29, 1.82) is 0 Å². The smallest absolute Gasteiger partial charge is 0.162 e. The van der Waals surface area contributed by atoms with E-state index in [4.69, 9.17) is 4.74 Å². The predicted octanol–water partition coefficient (Wildman–Crippen LogP) is 7.46. The van der Waals surface area contributed by atoms with Crippen molar-refractivity contribution >= 4 is 11.4 Å². The highest BCUT2D eigenvalue weighted by Crippen LogP contribution is 2.41. The lowest BCUT2D eigenvalue weighted by Gasteiger charge is -2.30. The van der Waals surface area contributed by atoms with Gasteiger partial charge in [0.1, 0.15) is 19.0 Å². The Hall–Kier alpha value is -2.23. The van der Waals surface area contributed by atoms with Crippen LogP contribution in [-0.4, -0.2) is 25.2 Å². The summed E-state index contributed by atoms with van der Waals surface area (Å²) in [5.41, 5.74) is 4.43. The fourth-order valence-electron chi connectivity index (χ4n) is 3.09. The van der Waals surface area contributed by atoms with E-state index in [2.05, 4.69) is 53.7 Å². The third-order valence-electron chi connectivity index (χ3n) is 4.90. The van der Waals surface area contributed by atoms with Crippen LogP contribution >= 0.6 is 0 Å². The number of rotatable bonds is 8. The van der Waals surface area contributed by atoms with Gasteiger partial charge in [0.15, 0.2) is 12.0 Å². The highest BCUT2D eigenvalue weighted by atomic mass is 19.2. The first-order valence-electron chi connectivity index (χ1n) is 10.7. The molecule has 0 aliphatic carbocycles. The number of ketones is 1. The molecule has 31 heavy (non-hydrogen) atoms. The minimum atomic E-state index is -1.66. The van der Waals surface area contributed by atoms with E-state index in [0.29, 0.717) is 5.75 Å². The Morgan fingerprint density at radius 1 is 1.06 bits per heavy atom. The molecule has 0 aliphatic rings. The molecule has 0 aliphatic heterocycles. The molecule has 1 aromatic rings. The van der Waals surface area contributed by atoms with Gasteiger partial charge in [-0.1, -0.05) is 65.8 Å². The zero-order chi connectivity index (χ0) is 24.0. The summed E-state index contributed by atoms with van der Waals surface area (Å²) >= 11 is 0. The first-order chi connectivity index (χ1) is 14.2. The topological polar surface area (TPSA) is 26.3 Å². The van der Waals surface area contributed by atoms with Gasteiger partial charge in [-0.25, -0.2) is 8.78 Å². The second-order valence-electron chi connectivity index (χ2n) is 10.2. The third kappa shape index (κ3) is 8.43. The molecule has 0 spiro atoms. The first kappa shape index (κ1) is 26.8. The molecular weight excluding hydrogens is 394 g/mol. The molecule has 0 radical (unpaired) electrons. The van der Waals surface area contributed by atoms with E-state index < -0.39 is 12.8 Å². The van der Waals surface area contributed by atoms with E-state index >= 15 is 0 Å². The molecular formula is C27H38F2O2. The molecule has 0 N–H and O–H groups in total. The molecule has 0 heterocycles. The molecule has 1 aromatic carbocycles. The average molecular weight is 433 g/mol. The van der Waals surface area contributed by atoms with Gasteiger partial charge in [-0.15, -0.1) is 0 Å². The summed E-state index contributed by atoms with van der Waals surface area (Å²) in [6.45, 7) is 16.7. The van der Waals surface area contributed by atoms with Crippen LogP contribution in [0.2, 0.25) is 0 Å². The summed E-state index contributed by atoms with van der Waals surface area (Å²) in [6, 6.07) is 4.19. The summed E-state index contributed by atoms with van der Waals surface area (Å²) in [4.78, 5) is 11.2. The van der Waals surface area contributed by atoms with Crippen LogP contribution in [0.1, 0.15) is 79.0 Å². The van der Waals surface area contributed by atoms with Crippen LogP contribution in [0.3, 0.4) is 0 Å². The Bertz CT molecular complexity index is 862. The summed E-state index contributed by atoms with van der Waals surface area (Å²) in [5.74, 6) is 0.592. The first-order valence-corrected chi connectivity index (χ1v) is 10.7. The van der Waals surface area contributed by atoms with Gasteiger partial charge < -0.3 is 4.74 Å². The van der Waals surface area contributed by atoms with Crippen molar-refractivity contribution in [3.8, 4) is 5.75 Å². The van der Waals surface area contributed by atoms with Crippen molar-refractivity contribution in [2.24, 2.45) is 0 Å². The second kappa shape index (κ2) is 10.9. The molecule has 0 amide bonds. The Kier molecular flexibility index (Phi) is 9.41. The lowest BCUT2D eigenvalue weighted by Crippen LogP contribution is -2.21. The SMILES string of the molecule is CC(=O)/C=C(C)/C=C/C=C(\C)c1cc(C(C)(C)C)cc(C(C)(C)C)c1OCC(F)CF. The highest BCUT2D eigenvalue weighted by molar-refractivity contribution is 5.88. The number of hydrogen-bond donors (Lipinski definition) is 0. The number of ether oxygens (including phenoxy) is 1. The maximum Gasteiger partial charge on any atom is 0.162 e. The molecule has 0 saturated heterocycles. The van der Waals surface area contributed by atoms with Gasteiger partial charge in [-0.3, -0.25) is 4.79 Å². The van der Waals surface area contributed by atoms with Gasteiger partial charge in [-0.05, 0) is 60.5 Å². The van der Waals surface area contributed by atoms with Crippen molar-refractivity contribution in [2.75, 3.05) is 13.3 Å². The van der Waals surface area contributed by atoms with Crippen molar-refractivity contribution in [3.05, 3.63) is 58.7 Å². The molecule has 1 rings (SSSR count). The molecule has 0 fully saturated rings. The van der Waals surface area contributed by atoms with Gasteiger partial charge in [0, 0.05) is 11.1 Å². The van der Waals surface area contributed by atoms with Gasteiger partial charge in [-0.2, -0.15) is 0 Å². The number of hydrogen-bond acceptors (Lipinski definition) is 2. The van der Waals surface area contributed by atoms with Crippen molar-refractivity contribution in [2.45, 2.75) is 79.3 Å². The maximum atomic E-state index is 13.7. The largest absolute Gasteiger partial charge is 0.490 e. The van der Waals surface area contributed by atoms with E-state index in [0.717, 1.165) is 27.8 Å². The van der Waals surface area contributed by atoms with Crippen molar-refractivity contribution in [3.63, 3.8) is 0 Å². The molecule has 0 saturated carbocycles. The molecule has 2 nitrogen and oxygen atoms in total. The average Bonchev–Trinajstić information content (AvgIpc) is 2.63. The second-order valence-corrected chi connectivity index (χ2v) is 10.2. The highest BCUT2D eigenvalue weighted by Gasteiger charge is 2.27. The lowest BCUT2D eigenvalue weighted by atomic mass is 9.78. The normalized spacial score (nSPS) is 14.8. The Balaban J connectivity index is 3.63. The van der Waals surface area contributed by atoms with Crippen LogP contribution in [0.5, 0.6) is 5.75 Å². The molecule has 1 atom stereocenters. The van der Waals surface area contributed by atoms with Gasteiger partial charge in [0.2, 0.25) is 0 Å². The fraction of sp³-hybridized carbons (Fsp3) is 0.519. The van der Waals surface area contributed by atoms with Gasteiger partial charge in [0.25, 0.3) is 0 Å². The Morgan fingerprint density at radius 2 is 1.68 bits per heavy atom. The van der Waals surface area contributed by atoms with Crippen LogP contribution in [0.25, 0.3) is 5.57 Å². The minimum Gasteiger partial charge on any atom is -0.490 e. The predicted molar refractivity (Wildman–Crippen MR) is 127 cm³/mol. The van der Waals surface area contributed by atoms with Crippen molar-refractivity contribution < 1.29 is 18.3 Å². The minimum absolute atomic E-state index is 0.000116. The number of carbonyl (C=O) groups excluding carboxylic acids is 1. The quantitative estimate of drug-likeness (QED) is 0.315. The van der Waals surface area contributed by atoms with Crippen LogP contribution in [-0.2, 0) is 15.6 Å². The van der Waals surface area contributed by atoms with Crippen LogP contribution in [0, 0.1) is 0 Å². The number of carbonyl (C=O) groups is 1. The van der Waals surface area contributed by atoms with Crippen LogP contribution < -0.4 is 4.74 Å². The number of allylic oxidation sites excluding steroid dienone is 6. The van der Waals surface area contributed by atoms with Crippen LogP contribution in [0.15, 0.2) is 42.0 Å². The molecule has 0 aromatic heterocycles.